The Morgan fingerprint density at radius 3 is 2.57 bits per heavy atom. The van der Waals surface area contributed by atoms with E-state index in [1.165, 1.54) is 6.07 Å². The van der Waals surface area contributed by atoms with Gasteiger partial charge in [-0.15, -0.1) is 0 Å². The van der Waals surface area contributed by atoms with E-state index in [9.17, 15) is 18.3 Å². The average Bonchev–Trinajstić information content (AvgIpc) is 2.42. The number of aryl methyl sites for hydroxylation is 1. The largest absolute Gasteiger partial charge is 0.480 e. The monoisotopic (exact) mass is 439 g/mol. The fraction of sp³-hybridized carbons (Fsp3) is 0.462. The van der Waals surface area contributed by atoms with Gasteiger partial charge in [0.05, 0.1) is 4.90 Å². The van der Waals surface area contributed by atoms with E-state index in [4.69, 9.17) is 0 Å². The second-order valence-electron chi connectivity index (χ2n) is 5.00. The van der Waals surface area contributed by atoms with E-state index in [0.717, 1.165) is 16.3 Å². The number of rotatable bonds is 3. The quantitative estimate of drug-likeness (QED) is 0.783. The summed E-state index contributed by atoms with van der Waals surface area (Å²) in [6, 6.07) is 2.23. The third-order valence-electron chi connectivity index (χ3n) is 3.54. The fourth-order valence-corrected chi connectivity index (χ4v) is 5.68. The van der Waals surface area contributed by atoms with Crippen LogP contribution in [0.5, 0.6) is 0 Å². The Hall–Kier alpha value is -0.440. The third kappa shape index (κ3) is 3.33. The Morgan fingerprint density at radius 1 is 1.29 bits per heavy atom. The first-order chi connectivity index (χ1) is 9.75. The maximum absolute atomic E-state index is 12.8. The molecule has 1 unspecified atom stereocenters. The molecule has 0 aromatic heterocycles. The summed E-state index contributed by atoms with van der Waals surface area (Å²) in [5.74, 6) is -1.10. The summed E-state index contributed by atoms with van der Waals surface area (Å²) >= 11 is 6.59. The summed E-state index contributed by atoms with van der Waals surface area (Å²) in [5.41, 5.74) is 0.897. The summed E-state index contributed by atoms with van der Waals surface area (Å²) in [6.07, 6.45) is 1.74. The van der Waals surface area contributed by atoms with E-state index in [-0.39, 0.29) is 11.4 Å². The van der Waals surface area contributed by atoms with E-state index < -0.39 is 22.0 Å². The van der Waals surface area contributed by atoms with Gasteiger partial charge in [0.25, 0.3) is 0 Å². The molecule has 0 radical (unpaired) electrons. The van der Waals surface area contributed by atoms with Crippen LogP contribution in [0, 0.1) is 6.92 Å². The molecule has 1 aliphatic heterocycles. The van der Waals surface area contributed by atoms with Crippen molar-refractivity contribution >= 4 is 47.9 Å². The number of benzene rings is 1. The summed E-state index contributed by atoms with van der Waals surface area (Å²) < 4.78 is 27.8. The average molecular weight is 441 g/mol. The van der Waals surface area contributed by atoms with Crippen LogP contribution in [0.1, 0.15) is 24.8 Å². The highest BCUT2D eigenvalue weighted by molar-refractivity contribution is 9.11. The maximum Gasteiger partial charge on any atom is 0.322 e. The molecule has 1 aromatic rings. The third-order valence-corrected chi connectivity index (χ3v) is 7.26. The summed E-state index contributed by atoms with van der Waals surface area (Å²) in [5, 5.41) is 9.26. The number of carboxylic acids is 1. The minimum absolute atomic E-state index is 0.0909. The lowest BCUT2D eigenvalue weighted by molar-refractivity contribution is -0.142. The molecule has 0 bridgehead atoms. The molecule has 0 saturated carbocycles. The molecule has 0 amide bonds. The molecule has 1 N–H and O–H groups in total. The lowest BCUT2D eigenvalue weighted by atomic mass is 10.1. The van der Waals surface area contributed by atoms with Crippen LogP contribution in [-0.2, 0) is 14.8 Å². The highest BCUT2D eigenvalue weighted by Crippen LogP contribution is 2.33. The lowest BCUT2D eigenvalue weighted by Crippen LogP contribution is -2.47. The molecule has 1 atom stereocenters. The van der Waals surface area contributed by atoms with Gasteiger partial charge in [0.15, 0.2) is 0 Å². The van der Waals surface area contributed by atoms with Crippen LogP contribution in [0.15, 0.2) is 26.0 Å². The molecule has 5 nitrogen and oxygen atoms in total. The van der Waals surface area contributed by atoms with Crippen LogP contribution in [0.3, 0.4) is 0 Å². The van der Waals surface area contributed by atoms with Gasteiger partial charge in [-0.25, -0.2) is 8.42 Å². The Balaban J connectivity index is 2.50. The standard InChI is InChI=1S/C13H15Br2NO4S/c1-8-6-10(15)12(7-9(8)14)21(19,20)16-5-3-2-4-11(16)13(17)18/h6-7,11H,2-5H2,1H3,(H,17,18). The minimum atomic E-state index is -3.85. The van der Waals surface area contributed by atoms with Crippen molar-refractivity contribution in [3.05, 3.63) is 26.6 Å². The predicted molar refractivity (Wildman–Crippen MR) is 85.7 cm³/mol. The van der Waals surface area contributed by atoms with E-state index >= 15 is 0 Å². The molecule has 0 aliphatic carbocycles. The summed E-state index contributed by atoms with van der Waals surface area (Å²) in [7, 11) is -3.85. The highest BCUT2D eigenvalue weighted by atomic mass is 79.9. The SMILES string of the molecule is Cc1cc(Br)c(S(=O)(=O)N2CCCCC2C(=O)O)cc1Br. The van der Waals surface area contributed by atoms with Gasteiger partial charge in [-0.2, -0.15) is 4.31 Å². The number of hydrogen-bond donors (Lipinski definition) is 1. The molecule has 116 valence electrons. The highest BCUT2D eigenvalue weighted by Gasteiger charge is 2.38. The van der Waals surface area contributed by atoms with E-state index in [1.807, 2.05) is 6.92 Å². The molecule has 2 rings (SSSR count). The zero-order valence-corrected chi connectivity index (χ0v) is 15.3. The van der Waals surface area contributed by atoms with Crippen molar-refractivity contribution in [2.24, 2.45) is 0 Å². The summed E-state index contributed by atoms with van der Waals surface area (Å²) in [6.45, 7) is 2.09. The number of halogens is 2. The van der Waals surface area contributed by atoms with Crippen molar-refractivity contribution in [3.63, 3.8) is 0 Å². The molecule has 1 aromatic carbocycles. The normalized spacial score (nSPS) is 20.4. The van der Waals surface area contributed by atoms with E-state index in [2.05, 4.69) is 31.9 Å². The first kappa shape index (κ1) is 16.9. The first-order valence-corrected chi connectivity index (χ1v) is 9.48. The van der Waals surface area contributed by atoms with Crippen LogP contribution in [0.4, 0.5) is 0 Å². The Bertz CT molecular complexity index is 675. The zero-order chi connectivity index (χ0) is 15.8. The number of hydrogen-bond acceptors (Lipinski definition) is 3. The zero-order valence-electron chi connectivity index (χ0n) is 11.3. The van der Waals surface area contributed by atoms with E-state index in [1.54, 1.807) is 6.07 Å². The van der Waals surface area contributed by atoms with Crippen molar-refractivity contribution in [1.29, 1.82) is 0 Å². The van der Waals surface area contributed by atoms with Crippen molar-refractivity contribution < 1.29 is 18.3 Å². The van der Waals surface area contributed by atoms with Gasteiger partial charge in [-0.05, 0) is 59.8 Å². The number of sulfonamides is 1. The van der Waals surface area contributed by atoms with Gasteiger partial charge in [0.2, 0.25) is 10.0 Å². The van der Waals surface area contributed by atoms with Gasteiger partial charge in [-0.3, -0.25) is 4.79 Å². The fourth-order valence-electron chi connectivity index (χ4n) is 2.39. The molecule has 1 saturated heterocycles. The van der Waals surface area contributed by atoms with Crippen LogP contribution < -0.4 is 0 Å². The molecule has 0 spiro atoms. The number of carboxylic acid groups (broad SMARTS) is 1. The molecule has 21 heavy (non-hydrogen) atoms. The Kier molecular flexibility index (Phi) is 5.12. The van der Waals surface area contributed by atoms with Gasteiger partial charge in [-0.1, -0.05) is 15.9 Å². The van der Waals surface area contributed by atoms with Crippen LogP contribution in [0.2, 0.25) is 0 Å². The van der Waals surface area contributed by atoms with Gasteiger partial charge in [0.1, 0.15) is 6.04 Å². The van der Waals surface area contributed by atoms with Crippen molar-refractivity contribution in [2.75, 3.05) is 6.54 Å². The second-order valence-corrected chi connectivity index (χ2v) is 8.57. The minimum Gasteiger partial charge on any atom is -0.480 e. The number of aliphatic carboxylic acids is 1. The molecule has 1 heterocycles. The molecule has 1 aliphatic rings. The molecule has 1 fully saturated rings. The maximum atomic E-state index is 12.8. The Morgan fingerprint density at radius 2 is 1.95 bits per heavy atom. The van der Waals surface area contributed by atoms with Gasteiger partial charge >= 0.3 is 5.97 Å². The van der Waals surface area contributed by atoms with E-state index in [0.29, 0.717) is 21.8 Å². The van der Waals surface area contributed by atoms with Crippen LogP contribution in [0.25, 0.3) is 0 Å². The molecular weight excluding hydrogens is 426 g/mol. The topological polar surface area (TPSA) is 74.7 Å². The van der Waals surface area contributed by atoms with Crippen molar-refractivity contribution in [2.45, 2.75) is 37.1 Å². The number of piperidine rings is 1. The number of nitrogens with zero attached hydrogens (tertiary/aromatic N) is 1. The van der Waals surface area contributed by atoms with Crippen LogP contribution >= 0.6 is 31.9 Å². The number of carbonyl (C=O) groups is 1. The van der Waals surface area contributed by atoms with Crippen molar-refractivity contribution in [1.82, 2.24) is 4.31 Å². The predicted octanol–water partition coefficient (Wildman–Crippen LogP) is 3.15. The molecule has 8 heteroatoms. The second kappa shape index (κ2) is 6.36. The molecular formula is C13H15Br2NO4S. The smallest absolute Gasteiger partial charge is 0.322 e. The first-order valence-electron chi connectivity index (χ1n) is 6.45. The lowest BCUT2D eigenvalue weighted by Gasteiger charge is -2.32. The Labute approximate surface area is 140 Å². The van der Waals surface area contributed by atoms with Gasteiger partial charge in [0, 0.05) is 15.5 Å². The van der Waals surface area contributed by atoms with Crippen molar-refractivity contribution in [3.8, 4) is 0 Å². The van der Waals surface area contributed by atoms with Gasteiger partial charge < -0.3 is 5.11 Å². The van der Waals surface area contributed by atoms with Crippen LogP contribution in [-0.4, -0.2) is 36.4 Å². The summed E-state index contributed by atoms with van der Waals surface area (Å²) in [4.78, 5) is 11.4.